The van der Waals surface area contributed by atoms with Gasteiger partial charge in [-0.15, -0.1) is 0 Å². The van der Waals surface area contributed by atoms with E-state index in [1.165, 1.54) is 47.6 Å². The van der Waals surface area contributed by atoms with Crippen LogP contribution in [0.4, 0.5) is 10.1 Å². The van der Waals surface area contributed by atoms with Gasteiger partial charge in [0.1, 0.15) is 6.54 Å². The molecule has 1 N–H and O–H groups in total. The Bertz CT molecular complexity index is 988. The van der Waals surface area contributed by atoms with E-state index in [4.69, 9.17) is 4.74 Å². The quantitative estimate of drug-likeness (QED) is 0.751. The molecule has 26 heavy (non-hydrogen) atoms. The smallest absolute Gasteiger partial charge is 0.322 e. The fourth-order valence-electron chi connectivity index (χ4n) is 2.05. The van der Waals surface area contributed by atoms with Crippen molar-refractivity contribution in [3.05, 3.63) is 70.9 Å². The van der Waals surface area contributed by atoms with Crippen molar-refractivity contribution >= 4 is 11.6 Å². The molecular weight excluding hydrogens is 341 g/mol. The molecule has 2 aromatic heterocycles. The molecule has 132 valence electrons. The first-order valence-corrected chi connectivity index (χ1v) is 7.58. The van der Waals surface area contributed by atoms with Gasteiger partial charge >= 0.3 is 6.01 Å². The number of benzene rings is 1. The predicted octanol–water partition coefficient (Wildman–Crippen LogP) is 1.91. The molecule has 0 atom stereocenters. The first-order chi connectivity index (χ1) is 12.5. The van der Waals surface area contributed by atoms with Gasteiger partial charge in [0.25, 0.3) is 5.56 Å². The molecule has 0 aliphatic heterocycles. The number of nitrogens with one attached hydrogen (secondary N) is 1. The summed E-state index contributed by atoms with van der Waals surface area (Å²) in [5.41, 5.74) is 0.562. The summed E-state index contributed by atoms with van der Waals surface area (Å²) in [6.45, 7) is 1.49. The number of para-hydroxylation sites is 1. The number of carbonyl (C=O) groups excluding carboxylic acids is 1. The van der Waals surface area contributed by atoms with Gasteiger partial charge in [-0.1, -0.05) is 12.1 Å². The van der Waals surface area contributed by atoms with E-state index in [9.17, 15) is 14.0 Å². The molecule has 3 aromatic rings. The second-order valence-electron chi connectivity index (χ2n) is 5.33. The number of aryl methyl sites for hydroxylation is 1. The maximum atomic E-state index is 13.5. The van der Waals surface area contributed by atoms with E-state index in [1.54, 1.807) is 13.0 Å². The number of hydrogen-bond acceptors (Lipinski definition) is 6. The van der Waals surface area contributed by atoms with Gasteiger partial charge in [0.05, 0.1) is 24.4 Å². The van der Waals surface area contributed by atoms with Crippen LogP contribution in [0.3, 0.4) is 0 Å². The van der Waals surface area contributed by atoms with E-state index >= 15 is 0 Å². The van der Waals surface area contributed by atoms with Gasteiger partial charge in [0.15, 0.2) is 11.6 Å². The van der Waals surface area contributed by atoms with Crippen LogP contribution in [0.1, 0.15) is 5.69 Å². The normalized spacial score (nSPS) is 10.4. The van der Waals surface area contributed by atoms with Gasteiger partial charge in [-0.2, -0.15) is 0 Å². The molecule has 0 aliphatic carbocycles. The summed E-state index contributed by atoms with van der Waals surface area (Å²) < 4.78 is 19.9. The number of nitrogens with zero attached hydrogens (tertiary/aromatic N) is 4. The second-order valence-corrected chi connectivity index (χ2v) is 5.33. The van der Waals surface area contributed by atoms with Crippen molar-refractivity contribution in [1.29, 1.82) is 0 Å². The largest absolute Gasteiger partial charge is 0.421 e. The van der Waals surface area contributed by atoms with Crippen LogP contribution >= 0.6 is 0 Å². The first-order valence-electron chi connectivity index (χ1n) is 7.58. The fourth-order valence-corrected chi connectivity index (χ4v) is 2.05. The summed E-state index contributed by atoms with van der Waals surface area (Å²) in [5, 5.41) is 2.55. The summed E-state index contributed by atoms with van der Waals surface area (Å²) in [6, 6.07) is 7.14. The van der Waals surface area contributed by atoms with Gasteiger partial charge < -0.3 is 10.1 Å². The molecule has 3 rings (SSSR count). The monoisotopic (exact) mass is 355 g/mol. The lowest BCUT2D eigenvalue weighted by molar-refractivity contribution is -0.116. The predicted molar refractivity (Wildman–Crippen MR) is 90.4 cm³/mol. The summed E-state index contributed by atoms with van der Waals surface area (Å²) in [4.78, 5) is 35.5. The summed E-state index contributed by atoms with van der Waals surface area (Å²) in [5.74, 6) is -0.981. The van der Waals surface area contributed by atoms with Crippen molar-refractivity contribution in [3.8, 4) is 11.8 Å². The molecule has 0 saturated carbocycles. The third kappa shape index (κ3) is 4.26. The third-order valence-corrected chi connectivity index (χ3v) is 3.28. The lowest BCUT2D eigenvalue weighted by Crippen LogP contribution is -2.27. The highest BCUT2D eigenvalue weighted by Gasteiger charge is 2.08. The Morgan fingerprint density at radius 3 is 2.65 bits per heavy atom. The van der Waals surface area contributed by atoms with E-state index in [0.717, 1.165) is 0 Å². The van der Waals surface area contributed by atoms with Crippen LogP contribution in [0.2, 0.25) is 0 Å². The minimum atomic E-state index is -0.536. The standard InChI is InChI=1S/C17H14FN5O3/c1-11-6-16(25)23(10-21-11)9-15(24)22-12-7-19-17(20-8-12)26-14-5-3-2-4-13(14)18/h2-8,10H,9H2,1H3,(H,22,24). The van der Waals surface area contributed by atoms with E-state index in [2.05, 4.69) is 20.3 Å². The van der Waals surface area contributed by atoms with Gasteiger partial charge in [0.2, 0.25) is 5.91 Å². The summed E-state index contributed by atoms with van der Waals surface area (Å²) in [7, 11) is 0. The molecule has 0 bridgehead atoms. The molecule has 0 unspecified atom stereocenters. The number of hydrogen-bond donors (Lipinski definition) is 1. The van der Waals surface area contributed by atoms with Crippen LogP contribution < -0.4 is 15.6 Å². The van der Waals surface area contributed by atoms with Crippen molar-refractivity contribution < 1.29 is 13.9 Å². The number of carbonyl (C=O) groups is 1. The molecule has 0 fully saturated rings. The van der Waals surface area contributed by atoms with Crippen LogP contribution in [0.5, 0.6) is 11.8 Å². The number of amides is 1. The zero-order chi connectivity index (χ0) is 18.5. The Morgan fingerprint density at radius 2 is 1.96 bits per heavy atom. The number of halogens is 1. The molecule has 1 amide bonds. The lowest BCUT2D eigenvalue weighted by atomic mass is 10.3. The zero-order valence-corrected chi connectivity index (χ0v) is 13.7. The van der Waals surface area contributed by atoms with Gasteiger partial charge in [0, 0.05) is 11.8 Å². The van der Waals surface area contributed by atoms with Crippen LogP contribution in [-0.2, 0) is 11.3 Å². The van der Waals surface area contributed by atoms with Crippen molar-refractivity contribution in [3.63, 3.8) is 0 Å². The second kappa shape index (κ2) is 7.51. The highest BCUT2D eigenvalue weighted by molar-refractivity contribution is 5.90. The van der Waals surface area contributed by atoms with Gasteiger partial charge in [-0.3, -0.25) is 14.2 Å². The summed E-state index contributed by atoms with van der Waals surface area (Å²) in [6.07, 6.45) is 3.94. The Balaban J connectivity index is 1.62. The molecule has 8 nitrogen and oxygen atoms in total. The lowest BCUT2D eigenvalue weighted by Gasteiger charge is -2.08. The van der Waals surface area contributed by atoms with E-state index in [-0.39, 0.29) is 23.9 Å². The van der Waals surface area contributed by atoms with Gasteiger partial charge in [-0.05, 0) is 19.1 Å². The van der Waals surface area contributed by atoms with Gasteiger partial charge in [-0.25, -0.2) is 19.3 Å². The molecule has 0 radical (unpaired) electrons. The van der Waals surface area contributed by atoms with E-state index in [0.29, 0.717) is 11.4 Å². The van der Waals surface area contributed by atoms with Crippen LogP contribution in [0, 0.1) is 12.7 Å². The highest BCUT2D eigenvalue weighted by atomic mass is 19.1. The maximum Gasteiger partial charge on any atom is 0.322 e. The zero-order valence-electron chi connectivity index (χ0n) is 13.7. The molecule has 0 saturated heterocycles. The third-order valence-electron chi connectivity index (χ3n) is 3.28. The molecular formula is C17H14FN5O3. The van der Waals surface area contributed by atoms with Crippen molar-refractivity contribution in [1.82, 2.24) is 19.5 Å². The van der Waals surface area contributed by atoms with E-state index in [1.807, 2.05) is 0 Å². The molecule has 2 heterocycles. The minimum absolute atomic E-state index is 0.00414. The van der Waals surface area contributed by atoms with Crippen molar-refractivity contribution in [2.24, 2.45) is 0 Å². The Hall–Kier alpha value is -3.62. The number of rotatable bonds is 5. The number of aromatic nitrogens is 4. The van der Waals surface area contributed by atoms with Crippen molar-refractivity contribution in [2.75, 3.05) is 5.32 Å². The Morgan fingerprint density at radius 1 is 1.23 bits per heavy atom. The number of anilines is 1. The van der Waals surface area contributed by atoms with E-state index < -0.39 is 11.7 Å². The highest BCUT2D eigenvalue weighted by Crippen LogP contribution is 2.21. The maximum absolute atomic E-state index is 13.5. The SMILES string of the molecule is Cc1cc(=O)n(CC(=O)Nc2cnc(Oc3ccccc3F)nc2)cn1. The van der Waals surface area contributed by atoms with Crippen LogP contribution in [-0.4, -0.2) is 25.4 Å². The van der Waals surface area contributed by atoms with Crippen LogP contribution in [0.25, 0.3) is 0 Å². The average Bonchev–Trinajstić information content (AvgIpc) is 2.61. The molecule has 0 aliphatic rings. The summed E-state index contributed by atoms with van der Waals surface area (Å²) >= 11 is 0. The average molecular weight is 355 g/mol. The first kappa shape index (κ1) is 17.2. The minimum Gasteiger partial charge on any atom is -0.421 e. The molecule has 0 spiro atoms. The Kier molecular flexibility index (Phi) is 4.97. The fraction of sp³-hybridized carbons (Fsp3) is 0.118. The van der Waals surface area contributed by atoms with Crippen molar-refractivity contribution in [2.45, 2.75) is 13.5 Å². The molecule has 9 heteroatoms. The topological polar surface area (TPSA) is 99.0 Å². The molecule has 1 aromatic carbocycles. The number of ether oxygens (including phenoxy) is 1. The van der Waals surface area contributed by atoms with Crippen LogP contribution in [0.15, 0.2) is 53.8 Å². The Labute approximate surface area is 147 Å².